The third-order valence-electron chi connectivity index (χ3n) is 1.01. The summed E-state index contributed by atoms with van der Waals surface area (Å²) in [7, 11) is 1.67. The van der Waals surface area contributed by atoms with Gasteiger partial charge in [-0.05, 0) is 0 Å². The van der Waals surface area contributed by atoms with Crippen LogP contribution in [0, 0.1) is 0 Å². The molecule has 81 valence electrons. The van der Waals surface area contributed by atoms with E-state index in [1.165, 1.54) is 0 Å². The summed E-state index contributed by atoms with van der Waals surface area (Å²) >= 11 is 0.915. The first-order valence-electron chi connectivity index (χ1n) is 4.28. The molecule has 0 unspecified atom stereocenters. The van der Waals surface area contributed by atoms with Crippen molar-refractivity contribution < 1.29 is 41.6 Å². The molecule has 5 nitrogen and oxygen atoms in total. The third-order valence-corrected chi connectivity index (χ3v) is 1.61. The maximum atomic E-state index is 9.00. The van der Waals surface area contributed by atoms with Gasteiger partial charge < -0.3 is 5.11 Å². The molecular formula is C8H17O5Zn. The molecule has 0 atom stereocenters. The van der Waals surface area contributed by atoms with E-state index in [0.29, 0.717) is 13.2 Å². The minimum atomic E-state index is -0.833. The second kappa shape index (κ2) is 15.4. The summed E-state index contributed by atoms with van der Waals surface area (Å²) in [5, 5.41) is 7.42. The van der Waals surface area contributed by atoms with E-state index in [1.807, 2.05) is 0 Å². The summed E-state index contributed by atoms with van der Waals surface area (Å²) in [6.07, 6.45) is 0.990. The maximum absolute atomic E-state index is 9.00. The fourth-order valence-corrected chi connectivity index (χ4v) is 0.936. The predicted octanol–water partition coefficient (Wildman–Crippen LogP) is 0.609. The SMILES string of the molecule is CC(=O)O.COCCOCCC[O][Zn]. The van der Waals surface area contributed by atoms with Crippen LogP contribution in [-0.4, -0.2) is 44.6 Å². The van der Waals surface area contributed by atoms with E-state index in [-0.39, 0.29) is 0 Å². The Morgan fingerprint density at radius 1 is 1.29 bits per heavy atom. The number of ether oxygens (including phenoxy) is 2. The van der Waals surface area contributed by atoms with Gasteiger partial charge in [0.2, 0.25) is 0 Å². The fourth-order valence-electron chi connectivity index (χ4n) is 0.507. The molecular weight excluding hydrogens is 241 g/mol. The van der Waals surface area contributed by atoms with Crippen LogP contribution < -0.4 is 0 Å². The molecule has 0 aliphatic heterocycles. The molecule has 6 heteroatoms. The van der Waals surface area contributed by atoms with Crippen LogP contribution >= 0.6 is 0 Å². The van der Waals surface area contributed by atoms with E-state index in [2.05, 4.69) is 0 Å². The van der Waals surface area contributed by atoms with Gasteiger partial charge in [0.05, 0.1) is 0 Å². The molecule has 14 heavy (non-hydrogen) atoms. The Kier molecular flexibility index (Phi) is 18.1. The van der Waals surface area contributed by atoms with Crippen LogP contribution in [0.25, 0.3) is 0 Å². The zero-order chi connectivity index (χ0) is 11.2. The van der Waals surface area contributed by atoms with Crippen molar-refractivity contribution in [2.45, 2.75) is 13.3 Å². The number of carboxylic acid groups (broad SMARTS) is 1. The number of carboxylic acids is 1. The molecule has 0 fully saturated rings. The van der Waals surface area contributed by atoms with Gasteiger partial charge in [-0.15, -0.1) is 0 Å². The molecule has 0 saturated carbocycles. The fraction of sp³-hybridized carbons (Fsp3) is 0.875. The summed E-state index contributed by atoms with van der Waals surface area (Å²) in [6, 6.07) is 0. The number of aliphatic carboxylic acids is 1. The van der Waals surface area contributed by atoms with E-state index < -0.39 is 5.97 Å². The van der Waals surface area contributed by atoms with Gasteiger partial charge in [-0.2, -0.15) is 0 Å². The van der Waals surface area contributed by atoms with Gasteiger partial charge in [-0.1, -0.05) is 0 Å². The van der Waals surface area contributed by atoms with Crippen molar-refractivity contribution in [2.24, 2.45) is 0 Å². The summed E-state index contributed by atoms with van der Waals surface area (Å²) in [6.45, 7) is 4.06. The topological polar surface area (TPSA) is 65.0 Å². The molecule has 0 saturated heterocycles. The summed E-state index contributed by atoms with van der Waals surface area (Å²) in [4.78, 5) is 9.00. The Bertz CT molecular complexity index is 108. The molecule has 0 aliphatic rings. The molecule has 0 aromatic rings. The van der Waals surface area contributed by atoms with Crippen molar-refractivity contribution in [3.63, 3.8) is 0 Å². The molecule has 0 aliphatic carbocycles. The van der Waals surface area contributed by atoms with Crippen molar-refractivity contribution in [1.29, 1.82) is 0 Å². The zero-order valence-electron chi connectivity index (χ0n) is 8.82. The first-order valence-corrected chi connectivity index (χ1v) is 5.49. The van der Waals surface area contributed by atoms with Crippen LogP contribution in [0.3, 0.4) is 0 Å². The summed E-state index contributed by atoms with van der Waals surface area (Å²) < 4.78 is 14.9. The van der Waals surface area contributed by atoms with E-state index in [1.54, 1.807) is 7.11 Å². The minimum absolute atomic E-state index is 0.681. The second-order valence-corrected chi connectivity index (χ2v) is 3.24. The Morgan fingerprint density at radius 3 is 2.29 bits per heavy atom. The van der Waals surface area contributed by atoms with Crippen LogP contribution in [0.15, 0.2) is 0 Å². The third kappa shape index (κ3) is 29.6. The molecule has 0 bridgehead atoms. The van der Waals surface area contributed by atoms with Crippen molar-refractivity contribution in [3.05, 3.63) is 0 Å². The number of rotatable bonds is 7. The summed E-state index contributed by atoms with van der Waals surface area (Å²) in [5.41, 5.74) is 0. The monoisotopic (exact) mass is 257 g/mol. The Morgan fingerprint density at radius 2 is 1.86 bits per heavy atom. The van der Waals surface area contributed by atoms with E-state index in [0.717, 1.165) is 45.2 Å². The molecule has 1 N–H and O–H groups in total. The van der Waals surface area contributed by atoms with Gasteiger partial charge in [0, 0.05) is 6.92 Å². The van der Waals surface area contributed by atoms with Crippen LogP contribution in [0.1, 0.15) is 13.3 Å². The van der Waals surface area contributed by atoms with Crippen LogP contribution in [0.4, 0.5) is 0 Å². The normalized spacial score (nSPS) is 9.14. The molecule has 0 aromatic heterocycles. The number of carbonyl (C=O) groups is 1. The standard InChI is InChI=1S/C6H13O3.C2H4O2.Zn/c1-8-5-6-9-4-2-3-7;1-2(3)4;/h2-6H2,1H3;1H3,(H,3,4);/q-1;;+1. The molecule has 0 spiro atoms. The Labute approximate surface area is 94.8 Å². The molecule has 0 amide bonds. The van der Waals surface area contributed by atoms with E-state index in [9.17, 15) is 0 Å². The second-order valence-electron chi connectivity index (χ2n) is 2.39. The van der Waals surface area contributed by atoms with Gasteiger partial charge >= 0.3 is 71.7 Å². The summed E-state index contributed by atoms with van der Waals surface area (Å²) in [5.74, 6) is -0.833. The van der Waals surface area contributed by atoms with Crippen molar-refractivity contribution in [3.8, 4) is 0 Å². The van der Waals surface area contributed by atoms with Crippen LogP contribution in [0.5, 0.6) is 0 Å². The molecule has 0 heterocycles. The van der Waals surface area contributed by atoms with Gasteiger partial charge in [0.25, 0.3) is 5.97 Å². The van der Waals surface area contributed by atoms with Gasteiger partial charge in [0.15, 0.2) is 0 Å². The Hall–Kier alpha value is -0.0266. The van der Waals surface area contributed by atoms with E-state index >= 15 is 0 Å². The van der Waals surface area contributed by atoms with Crippen molar-refractivity contribution in [2.75, 3.05) is 33.5 Å². The predicted molar refractivity (Wildman–Crippen MR) is 46.6 cm³/mol. The van der Waals surface area contributed by atoms with Crippen molar-refractivity contribution in [1.82, 2.24) is 0 Å². The average molecular weight is 259 g/mol. The van der Waals surface area contributed by atoms with Crippen LogP contribution in [0.2, 0.25) is 0 Å². The number of methoxy groups -OCH3 is 1. The molecule has 0 aromatic carbocycles. The number of hydrogen-bond donors (Lipinski definition) is 1. The van der Waals surface area contributed by atoms with Gasteiger partial charge in [0.1, 0.15) is 0 Å². The Balaban J connectivity index is 0. The van der Waals surface area contributed by atoms with Gasteiger partial charge in [-0.25, -0.2) is 0 Å². The first kappa shape index (κ1) is 16.4. The zero-order valence-corrected chi connectivity index (χ0v) is 11.8. The van der Waals surface area contributed by atoms with Gasteiger partial charge in [-0.3, -0.25) is 4.79 Å². The average Bonchev–Trinajstić information content (AvgIpc) is 2.10. The first-order chi connectivity index (χ1) is 6.65. The molecule has 0 radical (unpaired) electrons. The van der Waals surface area contributed by atoms with Crippen LogP contribution in [-0.2, 0) is 36.5 Å². The molecule has 0 rings (SSSR count). The van der Waals surface area contributed by atoms with Crippen molar-refractivity contribution >= 4 is 5.97 Å². The van der Waals surface area contributed by atoms with E-state index in [4.69, 9.17) is 22.9 Å². The number of hydrogen-bond acceptors (Lipinski definition) is 4. The quantitative estimate of drug-likeness (QED) is 0.535.